The zero-order valence-corrected chi connectivity index (χ0v) is 9.87. The van der Waals surface area contributed by atoms with Gasteiger partial charge in [0.05, 0.1) is 0 Å². The molecule has 0 aliphatic heterocycles. The van der Waals surface area contributed by atoms with Crippen molar-refractivity contribution in [2.45, 2.75) is 25.4 Å². The van der Waals surface area contributed by atoms with E-state index in [1.165, 1.54) is 6.07 Å². The monoisotopic (exact) mass is 228 g/mol. The molecule has 2 atom stereocenters. The van der Waals surface area contributed by atoms with Crippen molar-refractivity contribution in [2.24, 2.45) is 5.73 Å². The zero-order chi connectivity index (χ0) is 12.3. The predicted octanol–water partition coefficient (Wildman–Crippen LogP) is 2.30. The maximum Gasteiger partial charge on any atom is 0.159 e. The van der Waals surface area contributed by atoms with Gasteiger partial charge in [0.2, 0.25) is 0 Å². The van der Waals surface area contributed by atoms with Crippen molar-refractivity contribution >= 4 is 0 Å². The van der Waals surface area contributed by atoms with E-state index in [0.29, 0.717) is 6.42 Å². The number of halogens is 2. The first-order valence-electron chi connectivity index (χ1n) is 5.28. The van der Waals surface area contributed by atoms with Gasteiger partial charge in [-0.2, -0.15) is 0 Å². The zero-order valence-electron chi connectivity index (χ0n) is 9.87. The van der Waals surface area contributed by atoms with Crippen LogP contribution in [-0.4, -0.2) is 25.0 Å². The van der Waals surface area contributed by atoms with Crippen molar-refractivity contribution in [2.75, 3.05) is 14.1 Å². The van der Waals surface area contributed by atoms with Crippen LogP contribution in [0.2, 0.25) is 0 Å². The molecule has 2 unspecified atom stereocenters. The Morgan fingerprint density at radius 2 is 1.88 bits per heavy atom. The van der Waals surface area contributed by atoms with Gasteiger partial charge in [0, 0.05) is 12.1 Å². The predicted molar refractivity (Wildman–Crippen MR) is 61.1 cm³/mol. The standard InChI is InChI=1S/C12H18F2N2/c1-8(15)6-12(16(2)3)9-4-5-10(13)11(14)7-9/h4-5,7-8,12H,6,15H2,1-3H3. The lowest BCUT2D eigenvalue weighted by Gasteiger charge is -2.26. The Labute approximate surface area is 95.1 Å². The molecule has 0 saturated carbocycles. The van der Waals surface area contributed by atoms with Crippen molar-refractivity contribution in [3.63, 3.8) is 0 Å². The Bertz CT molecular complexity index is 351. The molecule has 0 aliphatic carbocycles. The molecule has 0 heterocycles. The first-order valence-corrected chi connectivity index (χ1v) is 5.28. The Kier molecular flexibility index (Phi) is 4.38. The van der Waals surface area contributed by atoms with Crippen LogP contribution >= 0.6 is 0 Å². The van der Waals surface area contributed by atoms with Crippen LogP contribution in [0.5, 0.6) is 0 Å². The van der Waals surface area contributed by atoms with Crippen LogP contribution in [0.25, 0.3) is 0 Å². The van der Waals surface area contributed by atoms with E-state index in [1.54, 1.807) is 6.07 Å². The minimum Gasteiger partial charge on any atom is -0.328 e. The Balaban J connectivity index is 2.97. The van der Waals surface area contributed by atoms with E-state index in [1.807, 2.05) is 25.9 Å². The molecule has 2 N–H and O–H groups in total. The number of hydrogen-bond donors (Lipinski definition) is 1. The molecule has 1 aromatic carbocycles. The fourth-order valence-electron chi connectivity index (χ4n) is 1.72. The van der Waals surface area contributed by atoms with Crippen LogP contribution in [0.4, 0.5) is 8.78 Å². The van der Waals surface area contributed by atoms with E-state index in [0.717, 1.165) is 11.6 Å². The minimum atomic E-state index is -0.818. The van der Waals surface area contributed by atoms with Gasteiger partial charge in [-0.05, 0) is 45.1 Å². The van der Waals surface area contributed by atoms with Crippen molar-refractivity contribution < 1.29 is 8.78 Å². The fraction of sp³-hybridized carbons (Fsp3) is 0.500. The Morgan fingerprint density at radius 3 is 2.31 bits per heavy atom. The normalized spacial score (nSPS) is 15.2. The van der Waals surface area contributed by atoms with Crippen molar-refractivity contribution in [1.29, 1.82) is 0 Å². The molecule has 0 bridgehead atoms. The second kappa shape index (κ2) is 5.37. The average Bonchev–Trinajstić information content (AvgIpc) is 2.18. The number of nitrogens with two attached hydrogens (primary N) is 1. The van der Waals surface area contributed by atoms with Crippen molar-refractivity contribution in [3.05, 3.63) is 35.4 Å². The van der Waals surface area contributed by atoms with Crippen LogP contribution in [0.15, 0.2) is 18.2 Å². The van der Waals surface area contributed by atoms with Gasteiger partial charge in [-0.25, -0.2) is 8.78 Å². The molecule has 0 fully saturated rings. The highest BCUT2D eigenvalue weighted by Gasteiger charge is 2.17. The largest absolute Gasteiger partial charge is 0.328 e. The average molecular weight is 228 g/mol. The van der Waals surface area contributed by atoms with E-state index < -0.39 is 11.6 Å². The van der Waals surface area contributed by atoms with Gasteiger partial charge in [-0.15, -0.1) is 0 Å². The minimum absolute atomic E-state index is 0.00935. The van der Waals surface area contributed by atoms with Gasteiger partial charge in [0.15, 0.2) is 11.6 Å². The summed E-state index contributed by atoms with van der Waals surface area (Å²) in [6.45, 7) is 1.90. The first-order chi connectivity index (χ1) is 7.41. The molecule has 1 rings (SSSR count). The highest BCUT2D eigenvalue weighted by Crippen LogP contribution is 2.24. The van der Waals surface area contributed by atoms with E-state index in [9.17, 15) is 8.78 Å². The highest BCUT2D eigenvalue weighted by atomic mass is 19.2. The lowest BCUT2D eigenvalue weighted by molar-refractivity contribution is 0.271. The molecular weight excluding hydrogens is 210 g/mol. The quantitative estimate of drug-likeness (QED) is 0.856. The molecule has 1 aromatic rings. The summed E-state index contributed by atoms with van der Waals surface area (Å²) >= 11 is 0. The topological polar surface area (TPSA) is 29.3 Å². The number of nitrogens with zero attached hydrogens (tertiary/aromatic N) is 1. The molecule has 0 saturated heterocycles. The van der Waals surface area contributed by atoms with Gasteiger partial charge >= 0.3 is 0 Å². The summed E-state index contributed by atoms with van der Waals surface area (Å²) in [7, 11) is 3.79. The molecule has 0 spiro atoms. The van der Waals surface area contributed by atoms with E-state index in [4.69, 9.17) is 5.73 Å². The van der Waals surface area contributed by atoms with Crippen LogP contribution in [0.3, 0.4) is 0 Å². The maximum absolute atomic E-state index is 13.1. The number of rotatable bonds is 4. The molecule has 0 radical (unpaired) electrons. The van der Waals surface area contributed by atoms with Crippen LogP contribution in [-0.2, 0) is 0 Å². The summed E-state index contributed by atoms with van der Waals surface area (Å²) in [4.78, 5) is 1.95. The molecule has 4 heteroatoms. The van der Waals surface area contributed by atoms with Gasteiger partial charge in [0.25, 0.3) is 0 Å². The third kappa shape index (κ3) is 3.25. The highest BCUT2D eigenvalue weighted by molar-refractivity contribution is 5.21. The number of benzene rings is 1. The van der Waals surface area contributed by atoms with Crippen molar-refractivity contribution in [1.82, 2.24) is 4.90 Å². The molecule has 16 heavy (non-hydrogen) atoms. The van der Waals surface area contributed by atoms with Gasteiger partial charge in [0.1, 0.15) is 0 Å². The maximum atomic E-state index is 13.1. The van der Waals surface area contributed by atoms with Crippen LogP contribution in [0.1, 0.15) is 24.9 Å². The first kappa shape index (κ1) is 13.1. The van der Waals surface area contributed by atoms with Gasteiger partial charge < -0.3 is 10.6 Å². The summed E-state index contributed by atoms with van der Waals surface area (Å²) < 4.78 is 25.9. The summed E-state index contributed by atoms with van der Waals surface area (Å²) in [6.07, 6.45) is 0.706. The summed E-state index contributed by atoms with van der Waals surface area (Å²) in [6, 6.07) is 4.02. The third-order valence-electron chi connectivity index (χ3n) is 2.55. The molecule has 90 valence electrons. The second-order valence-electron chi connectivity index (χ2n) is 4.37. The van der Waals surface area contributed by atoms with E-state index in [2.05, 4.69) is 0 Å². The molecule has 0 amide bonds. The van der Waals surface area contributed by atoms with Gasteiger partial charge in [-0.3, -0.25) is 0 Å². The summed E-state index contributed by atoms with van der Waals surface area (Å²) in [5, 5.41) is 0. The number of hydrogen-bond acceptors (Lipinski definition) is 2. The third-order valence-corrected chi connectivity index (χ3v) is 2.55. The van der Waals surface area contributed by atoms with Gasteiger partial charge in [-0.1, -0.05) is 6.07 Å². The smallest absolute Gasteiger partial charge is 0.159 e. The molecule has 0 aliphatic rings. The molecule has 0 aromatic heterocycles. The lowest BCUT2D eigenvalue weighted by atomic mass is 9.99. The Hall–Kier alpha value is -1.00. The SMILES string of the molecule is CC(N)CC(c1ccc(F)c(F)c1)N(C)C. The summed E-state index contributed by atoms with van der Waals surface area (Å²) in [5.41, 5.74) is 6.49. The fourth-order valence-corrected chi connectivity index (χ4v) is 1.72. The van der Waals surface area contributed by atoms with Crippen LogP contribution in [0, 0.1) is 11.6 Å². The van der Waals surface area contributed by atoms with E-state index >= 15 is 0 Å². The lowest BCUT2D eigenvalue weighted by Crippen LogP contribution is -2.27. The van der Waals surface area contributed by atoms with E-state index in [-0.39, 0.29) is 12.1 Å². The Morgan fingerprint density at radius 1 is 1.25 bits per heavy atom. The van der Waals surface area contributed by atoms with Crippen LogP contribution < -0.4 is 5.73 Å². The molecule has 2 nitrogen and oxygen atoms in total. The second-order valence-corrected chi connectivity index (χ2v) is 4.37. The molecular formula is C12H18F2N2. The van der Waals surface area contributed by atoms with Crippen molar-refractivity contribution in [3.8, 4) is 0 Å². The summed E-state index contributed by atoms with van der Waals surface area (Å²) in [5.74, 6) is -1.63.